The summed E-state index contributed by atoms with van der Waals surface area (Å²) in [5.41, 5.74) is 3.84. The smallest absolute Gasteiger partial charge is 0.251 e. The highest BCUT2D eigenvalue weighted by Crippen LogP contribution is 2.17. The highest BCUT2D eigenvalue weighted by atomic mass is 16.1. The van der Waals surface area contributed by atoms with Gasteiger partial charge in [-0.15, -0.1) is 0 Å². The van der Waals surface area contributed by atoms with E-state index in [-0.39, 0.29) is 5.91 Å². The van der Waals surface area contributed by atoms with Crippen molar-refractivity contribution in [3.8, 4) is 0 Å². The van der Waals surface area contributed by atoms with Gasteiger partial charge < -0.3 is 10.6 Å². The van der Waals surface area contributed by atoms with E-state index in [9.17, 15) is 4.79 Å². The zero-order valence-corrected chi connectivity index (χ0v) is 17.1. The van der Waals surface area contributed by atoms with E-state index in [1.54, 1.807) is 18.5 Å². The largest absolute Gasteiger partial charge is 0.348 e. The Morgan fingerprint density at radius 1 is 0.900 bits per heavy atom. The summed E-state index contributed by atoms with van der Waals surface area (Å²) in [6, 6.07) is 17.5. The zero-order valence-electron chi connectivity index (χ0n) is 17.1. The number of amides is 1. The molecular formula is C24H27N5O. The fraction of sp³-hybridized carbons (Fsp3) is 0.292. The van der Waals surface area contributed by atoms with Gasteiger partial charge in [0.05, 0.1) is 0 Å². The van der Waals surface area contributed by atoms with E-state index in [1.165, 1.54) is 30.4 Å². The van der Waals surface area contributed by atoms with Crippen LogP contribution in [0.3, 0.4) is 0 Å². The van der Waals surface area contributed by atoms with Crippen LogP contribution in [0.2, 0.25) is 0 Å². The van der Waals surface area contributed by atoms with Gasteiger partial charge in [0, 0.05) is 36.7 Å². The molecular weight excluding hydrogens is 374 g/mol. The Hall–Kier alpha value is -3.25. The number of nitrogens with one attached hydrogen (secondary N) is 2. The molecule has 6 heteroatoms. The van der Waals surface area contributed by atoms with Gasteiger partial charge in [0.15, 0.2) is 0 Å². The Bertz CT molecular complexity index is 970. The van der Waals surface area contributed by atoms with Crippen LogP contribution in [0, 0.1) is 0 Å². The summed E-state index contributed by atoms with van der Waals surface area (Å²) < 4.78 is 0. The molecule has 0 radical (unpaired) electrons. The van der Waals surface area contributed by atoms with Gasteiger partial charge in [0.1, 0.15) is 0 Å². The number of nitrogens with zero attached hydrogens (tertiary/aromatic N) is 3. The summed E-state index contributed by atoms with van der Waals surface area (Å²) in [6.07, 6.45) is 7.23. The molecule has 0 spiro atoms. The first-order chi connectivity index (χ1) is 14.8. The number of anilines is 2. The molecule has 2 N–H and O–H groups in total. The lowest BCUT2D eigenvalue weighted by Crippen LogP contribution is -2.30. The number of benzene rings is 2. The number of hydrogen-bond donors (Lipinski definition) is 2. The summed E-state index contributed by atoms with van der Waals surface area (Å²) in [5.74, 6) is 0.405. The lowest BCUT2D eigenvalue weighted by molar-refractivity contribution is 0.0950. The highest BCUT2D eigenvalue weighted by molar-refractivity contribution is 5.95. The van der Waals surface area contributed by atoms with Gasteiger partial charge in [-0.05, 0) is 61.3 Å². The summed E-state index contributed by atoms with van der Waals surface area (Å²) in [5, 5.41) is 6.19. The molecule has 0 unspecified atom stereocenters. The number of carbonyl (C=O) groups excluding carboxylic acids is 1. The van der Waals surface area contributed by atoms with Crippen LogP contribution in [-0.4, -0.2) is 33.9 Å². The molecule has 1 amide bonds. The average Bonchev–Trinajstić information content (AvgIpc) is 2.80. The van der Waals surface area contributed by atoms with Crippen LogP contribution in [0.25, 0.3) is 0 Å². The second kappa shape index (κ2) is 9.98. The lowest BCUT2D eigenvalue weighted by atomic mass is 10.0. The molecule has 1 aliphatic rings. The van der Waals surface area contributed by atoms with Crippen LogP contribution >= 0.6 is 0 Å². The van der Waals surface area contributed by atoms with E-state index < -0.39 is 0 Å². The normalized spacial score (nSPS) is 14.3. The van der Waals surface area contributed by atoms with E-state index in [0.717, 1.165) is 25.3 Å². The van der Waals surface area contributed by atoms with Gasteiger partial charge in [-0.1, -0.05) is 36.8 Å². The third-order valence-corrected chi connectivity index (χ3v) is 5.35. The minimum atomic E-state index is -0.0968. The third-order valence-electron chi connectivity index (χ3n) is 5.35. The van der Waals surface area contributed by atoms with Crippen LogP contribution in [0.5, 0.6) is 0 Å². The number of rotatable bonds is 7. The maximum absolute atomic E-state index is 12.7. The lowest BCUT2D eigenvalue weighted by Gasteiger charge is -2.27. The van der Waals surface area contributed by atoms with Crippen molar-refractivity contribution in [3.05, 3.63) is 83.7 Å². The van der Waals surface area contributed by atoms with Gasteiger partial charge >= 0.3 is 0 Å². The van der Waals surface area contributed by atoms with Crippen molar-refractivity contribution in [2.75, 3.05) is 18.4 Å². The molecule has 3 aromatic rings. The summed E-state index contributed by atoms with van der Waals surface area (Å²) in [7, 11) is 0. The van der Waals surface area contributed by atoms with Crippen LogP contribution in [0.4, 0.5) is 11.6 Å². The summed E-state index contributed by atoms with van der Waals surface area (Å²) >= 11 is 0. The van der Waals surface area contributed by atoms with E-state index >= 15 is 0 Å². The van der Waals surface area contributed by atoms with Crippen molar-refractivity contribution in [2.45, 2.75) is 32.4 Å². The maximum Gasteiger partial charge on any atom is 0.251 e. The molecule has 2 aromatic carbocycles. The standard InChI is InChI=1S/C24H27N5O/c30-23(19-10-6-11-22(16-19)28-24-25-12-7-13-26-24)27-17-20-8-2-3-9-21(20)18-29-14-4-1-5-15-29/h2-3,6-13,16H,1,4-5,14-15,17-18H2,(H,27,30)(H,25,26,28). The van der Waals surface area contributed by atoms with Crippen LogP contribution in [0.1, 0.15) is 40.7 Å². The summed E-state index contributed by atoms with van der Waals surface area (Å²) in [4.78, 5) is 23.6. The van der Waals surface area contributed by atoms with Crippen LogP contribution in [-0.2, 0) is 13.1 Å². The van der Waals surface area contributed by atoms with Crippen molar-refractivity contribution in [2.24, 2.45) is 0 Å². The minimum Gasteiger partial charge on any atom is -0.348 e. The average molecular weight is 402 g/mol. The Morgan fingerprint density at radius 2 is 1.67 bits per heavy atom. The molecule has 6 nitrogen and oxygen atoms in total. The number of hydrogen-bond acceptors (Lipinski definition) is 5. The quantitative estimate of drug-likeness (QED) is 0.623. The Kier molecular flexibility index (Phi) is 6.67. The first-order valence-corrected chi connectivity index (χ1v) is 10.5. The number of piperidine rings is 1. The molecule has 1 saturated heterocycles. The van der Waals surface area contributed by atoms with Gasteiger partial charge in [0.25, 0.3) is 5.91 Å². The molecule has 0 bridgehead atoms. The third kappa shape index (κ3) is 5.42. The molecule has 1 fully saturated rings. The van der Waals surface area contributed by atoms with E-state index in [0.29, 0.717) is 18.1 Å². The van der Waals surface area contributed by atoms with Crippen molar-refractivity contribution in [1.82, 2.24) is 20.2 Å². The molecule has 4 rings (SSSR count). The van der Waals surface area contributed by atoms with Gasteiger partial charge in [0.2, 0.25) is 5.95 Å². The van der Waals surface area contributed by atoms with Crippen molar-refractivity contribution in [1.29, 1.82) is 0 Å². The molecule has 1 aliphatic heterocycles. The Balaban J connectivity index is 1.38. The van der Waals surface area contributed by atoms with Crippen molar-refractivity contribution in [3.63, 3.8) is 0 Å². The summed E-state index contributed by atoms with van der Waals surface area (Å²) in [6.45, 7) is 3.78. The minimum absolute atomic E-state index is 0.0968. The fourth-order valence-corrected chi connectivity index (χ4v) is 3.75. The van der Waals surface area contributed by atoms with E-state index in [2.05, 4.69) is 43.7 Å². The number of aromatic nitrogens is 2. The highest BCUT2D eigenvalue weighted by Gasteiger charge is 2.13. The first-order valence-electron chi connectivity index (χ1n) is 10.5. The second-order valence-electron chi connectivity index (χ2n) is 7.57. The SMILES string of the molecule is O=C(NCc1ccccc1CN1CCCCC1)c1cccc(Nc2ncccn2)c1. The number of carbonyl (C=O) groups is 1. The topological polar surface area (TPSA) is 70.2 Å². The van der Waals surface area contributed by atoms with Crippen molar-refractivity contribution >= 4 is 17.5 Å². The van der Waals surface area contributed by atoms with Crippen molar-refractivity contribution < 1.29 is 4.79 Å². The molecule has 0 atom stereocenters. The zero-order chi connectivity index (χ0) is 20.6. The van der Waals surface area contributed by atoms with E-state index in [1.807, 2.05) is 30.3 Å². The van der Waals surface area contributed by atoms with E-state index in [4.69, 9.17) is 0 Å². The maximum atomic E-state index is 12.7. The fourth-order valence-electron chi connectivity index (χ4n) is 3.75. The van der Waals surface area contributed by atoms with Gasteiger partial charge in [-0.25, -0.2) is 9.97 Å². The first kappa shape index (κ1) is 20.0. The molecule has 0 saturated carbocycles. The van der Waals surface area contributed by atoms with Crippen LogP contribution < -0.4 is 10.6 Å². The van der Waals surface area contributed by atoms with Gasteiger partial charge in [-0.3, -0.25) is 9.69 Å². The molecule has 2 heterocycles. The Morgan fingerprint density at radius 3 is 2.47 bits per heavy atom. The second-order valence-corrected chi connectivity index (χ2v) is 7.57. The monoisotopic (exact) mass is 401 g/mol. The molecule has 0 aliphatic carbocycles. The Labute approximate surface area is 177 Å². The predicted octanol–water partition coefficient (Wildman–Crippen LogP) is 4.14. The predicted molar refractivity (Wildman–Crippen MR) is 118 cm³/mol. The molecule has 154 valence electrons. The molecule has 30 heavy (non-hydrogen) atoms. The van der Waals surface area contributed by atoms with Gasteiger partial charge in [-0.2, -0.15) is 0 Å². The number of likely N-dealkylation sites (tertiary alicyclic amines) is 1. The van der Waals surface area contributed by atoms with Crippen LogP contribution in [0.15, 0.2) is 67.0 Å². The molecule has 1 aromatic heterocycles.